The summed E-state index contributed by atoms with van der Waals surface area (Å²) in [5, 5.41) is 9.34. The van der Waals surface area contributed by atoms with E-state index in [-0.39, 0.29) is 5.91 Å². The van der Waals surface area contributed by atoms with Gasteiger partial charge in [0, 0.05) is 4.88 Å². The number of thiophene rings is 1. The lowest BCUT2D eigenvalue weighted by Gasteiger charge is -2.16. The number of carbonyl (C=O) groups excluding carboxylic acids is 1. The van der Waals surface area contributed by atoms with Crippen molar-refractivity contribution in [1.29, 1.82) is 0 Å². The second-order valence-corrected chi connectivity index (χ2v) is 6.16. The van der Waals surface area contributed by atoms with E-state index in [9.17, 15) is 4.79 Å². The predicted molar refractivity (Wildman–Crippen MR) is 73.1 cm³/mol. The van der Waals surface area contributed by atoms with Gasteiger partial charge in [0.1, 0.15) is 12.2 Å². The molecule has 1 aliphatic rings. The van der Waals surface area contributed by atoms with Crippen LogP contribution in [0.2, 0.25) is 0 Å². The third kappa shape index (κ3) is 2.68. The molecule has 0 saturated carbocycles. The second kappa shape index (κ2) is 5.13. The number of aromatic nitrogens is 3. The fourth-order valence-electron chi connectivity index (χ4n) is 2.38. The molecule has 0 aromatic carbocycles. The van der Waals surface area contributed by atoms with E-state index >= 15 is 0 Å². The number of H-pyrrole nitrogens is 1. The summed E-state index contributed by atoms with van der Waals surface area (Å²) in [6.07, 6.45) is 4.87. The Bertz CT molecular complexity index is 575. The minimum atomic E-state index is -0.0246. The van der Waals surface area contributed by atoms with Gasteiger partial charge in [-0.05, 0) is 36.8 Å². The van der Waals surface area contributed by atoms with E-state index < -0.39 is 0 Å². The van der Waals surface area contributed by atoms with Crippen molar-refractivity contribution < 1.29 is 4.79 Å². The Hall–Kier alpha value is -1.69. The highest BCUT2D eigenvalue weighted by atomic mass is 32.1. The lowest BCUT2D eigenvalue weighted by Crippen LogP contribution is -2.22. The highest BCUT2D eigenvalue weighted by Crippen LogP contribution is 2.32. The first-order valence-electron chi connectivity index (χ1n) is 6.46. The van der Waals surface area contributed by atoms with Crippen molar-refractivity contribution >= 4 is 17.2 Å². The molecule has 0 bridgehead atoms. The molecule has 3 rings (SSSR count). The number of aromatic amines is 1. The maximum absolute atomic E-state index is 12.1. The van der Waals surface area contributed by atoms with Gasteiger partial charge in [-0.3, -0.25) is 9.89 Å². The molecule has 1 aliphatic carbocycles. The molecule has 5 nitrogen and oxygen atoms in total. The zero-order valence-corrected chi connectivity index (χ0v) is 11.6. The smallest absolute Gasteiger partial charge is 0.261 e. The van der Waals surface area contributed by atoms with Crippen molar-refractivity contribution in [3.05, 3.63) is 33.5 Å². The molecule has 6 heteroatoms. The molecule has 0 saturated heterocycles. The third-order valence-corrected chi connectivity index (χ3v) is 4.67. The Morgan fingerprint density at radius 2 is 2.53 bits per heavy atom. The topological polar surface area (TPSA) is 70.7 Å². The van der Waals surface area contributed by atoms with Gasteiger partial charge in [0.2, 0.25) is 0 Å². The molecular formula is C13H16N4OS. The van der Waals surface area contributed by atoms with Crippen LogP contribution < -0.4 is 5.32 Å². The zero-order valence-electron chi connectivity index (χ0n) is 10.8. The van der Waals surface area contributed by atoms with E-state index in [1.165, 1.54) is 23.2 Å². The number of nitrogens with one attached hydrogen (secondary N) is 2. The van der Waals surface area contributed by atoms with Crippen molar-refractivity contribution in [1.82, 2.24) is 20.5 Å². The summed E-state index contributed by atoms with van der Waals surface area (Å²) < 4.78 is 0. The van der Waals surface area contributed by atoms with E-state index in [0.717, 1.165) is 23.6 Å². The SMILES string of the molecule is CC1CCc2sc(C(=O)NCc3ncn[nH]3)cc2C1. The number of amides is 1. The van der Waals surface area contributed by atoms with Gasteiger partial charge in [0.25, 0.3) is 5.91 Å². The van der Waals surface area contributed by atoms with Crippen molar-refractivity contribution in [2.24, 2.45) is 5.92 Å². The van der Waals surface area contributed by atoms with Gasteiger partial charge in [-0.2, -0.15) is 5.10 Å². The number of hydrogen-bond acceptors (Lipinski definition) is 4. The number of hydrogen-bond donors (Lipinski definition) is 2. The van der Waals surface area contributed by atoms with Gasteiger partial charge in [0.05, 0.1) is 11.4 Å². The highest BCUT2D eigenvalue weighted by Gasteiger charge is 2.20. The van der Waals surface area contributed by atoms with Crippen LogP contribution in [-0.2, 0) is 19.4 Å². The van der Waals surface area contributed by atoms with Gasteiger partial charge in [0.15, 0.2) is 0 Å². The fourth-order valence-corrected chi connectivity index (χ4v) is 3.51. The first kappa shape index (κ1) is 12.3. The van der Waals surface area contributed by atoms with E-state index in [1.807, 2.05) is 6.07 Å². The van der Waals surface area contributed by atoms with Gasteiger partial charge in [-0.25, -0.2) is 4.98 Å². The lowest BCUT2D eigenvalue weighted by molar-refractivity contribution is 0.0954. The van der Waals surface area contributed by atoms with Crippen LogP contribution in [0.5, 0.6) is 0 Å². The summed E-state index contributed by atoms with van der Waals surface area (Å²) >= 11 is 1.62. The second-order valence-electron chi connectivity index (χ2n) is 5.02. The molecule has 100 valence electrons. The van der Waals surface area contributed by atoms with Crippen molar-refractivity contribution in [3.63, 3.8) is 0 Å². The summed E-state index contributed by atoms with van der Waals surface area (Å²) in [6.45, 7) is 2.65. The summed E-state index contributed by atoms with van der Waals surface area (Å²) in [5.41, 5.74) is 1.36. The number of carbonyl (C=O) groups is 1. The van der Waals surface area contributed by atoms with Crippen LogP contribution in [0.1, 0.15) is 39.3 Å². The zero-order chi connectivity index (χ0) is 13.2. The minimum absolute atomic E-state index is 0.0246. The van der Waals surface area contributed by atoms with Crippen LogP contribution in [0.3, 0.4) is 0 Å². The van der Waals surface area contributed by atoms with Crippen molar-refractivity contribution in [3.8, 4) is 0 Å². The molecule has 1 amide bonds. The van der Waals surface area contributed by atoms with Gasteiger partial charge in [-0.15, -0.1) is 11.3 Å². The van der Waals surface area contributed by atoms with Crippen LogP contribution in [0, 0.1) is 5.92 Å². The molecule has 0 aliphatic heterocycles. The largest absolute Gasteiger partial charge is 0.344 e. The lowest BCUT2D eigenvalue weighted by atomic mass is 9.90. The Morgan fingerprint density at radius 1 is 1.63 bits per heavy atom. The number of rotatable bonds is 3. The number of fused-ring (bicyclic) bond motifs is 1. The fraction of sp³-hybridized carbons (Fsp3) is 0.462. The van der Waals surface area contributed by atoms with Crippen LogP contribution >= 0.6 is 11.3 Å². The summed E-state index contributed by atoms with van der Waals surface area (Å²) in [4.78, 5) is 18.2. The summed E-state index contributed by atoms with van der Waals surface area (Å²) in [5.74, 6) is 1.37. The number of aryl methyl sites for hydroxylation is 1. The Kier molecular flexibility index (Phi) is 3.33. The van der Waals surface area contributed by atoms with Gasteiger partial charge >= 0.3 is 0 Å². The van der Waals surface area contributed by atoms with Crippen LogP contribution in [-0.4, -0.2) is 21.1 Å². The Balaban J connectivity index is 1.67. The predicted octanol–water partition coefficient (Wildman–Crippen LogP) is 1.92. The molecule has 0 fully saturated rings. The molecule has 2 heterocycles. The van der Waals surface area contributed by atoms with Gasteiger partial charge < -0.3 is 5.32 Å². The maximum atomic E-state index is 12.1. The highest BCUT2D eigenvalue weighted by molar-refractivity contribution is 7.14. The molecule has 1 atom stereocenters. The summed E-state index contributed by atoms with van der Waals surface area (Å²) in [7, 11) is 0. The minimum Gasteiger partial charge on any atom is -0.344 e. The van der Waals surface area contributed by atoms with E-state index in [1.54, 1.807) is 11.3 Å². The third-order valence-electron chi connectivity index (χ3n) is 3.43. The monoisotopic (exact) mass is 276 g/mol. The Morgan fingerprint density at radius 3 is 3.32 bits per heavy atom. The normalized spacial score (nSPS) is 18.1. The van der Waals surface area contributed by atoms with Crippen molar-refractivity contribution in [2.45, 2.75) is 32.7 Å². The van der Waals surface area contributed by atoms with Crippen molar-refractivity contribution in [2.75, 3.05) is 0 Å². The first-order valence-corrected chi connectivity index (χ1v) is 7.28. The standard InChI is InChI=1S/C13H16N4OS/c1-8-2-3-10-9(4-8)5-11(19-10)13(18)14-6-12-15-7-16-17-12/h5,7-8H,2-4,6H2,1H3,(H,14,18)(H,15,16,17). The Labute approximate surface area is 115 Å². The molecular weight excluding hydrogens is 260 g/mol. The van der Waals surface area contributed by atoms with Crippen LogP contribution in [0.15, 0.2) is 12.4 Å². The number of nitrogens with zero attached hydrogens (tertiary/aromatic N) is 2. The average Bonchev–Trinajstić information content (AvgIpc) is 3.04. The summed E-state index contributed by atoms with van der Waals surface area (Å²) in [6, 6.07) is 2.05. The molecule has 19 heavy (non-hydrogen) atoms. The van der Waals surface area contributed by atoms with Crippen LogP contribution in [0.25, 0.3) is 0 Å². The van der Waals surface area contributed by atoms with E-state index in [2.05, 4.69) is 27.4 Å². The molecule has 2 N–H and O–H groups in total. The average molecular weight is 276 g/mol. The molecule has 0 radical (unpaired) electrons. The van der Waals surface area contributed by atoms with E-state index in [4.69, 9.17) is 0 Å². The molecule has 1 unspecified atom stereocenters. The van der Waals surface area contributed by atoms with Gasteiger partial charge in [-0.1, -0.05) is 6.92 Å². The molecule has 0 spiro atoms. The quantitative estimate of drug-likeness (QED) is 0.899. The van der Waals surface area contributed by atoms with E-state index in [0.29, 0.717) is 12.4 Å². The molecule has 2 aromatic rings. The first-order chi connectivity index (χ1) is 9.22. The van der Waals surface area contributed by atoms with Crippen LogP contribution in [0.4, 0.5) is 0 Å². The molecule has 2 aromatic heterocycles. The maximum Gasteiger partial charge on any atom is 0.261 e.